The second-order valence-corrected chi connectivity index (χ2v) is 7.87. The maximum Gasteiger partial charge on any atom is 0.290 e. The number of piperidine rings is 1. The van der Waals surface area contributed by atoms with Crippen LogP contribution in [0.2, 0.25) is 5.02 Å². The molecular weight excluding hydrogens is 342 g/mol. The second kappa shape index (κ2) is 7.12. The van der Waals surface area contributed by atoms with E-state index >= 15 is 0 Å². The summed E-state index contributed by atoms with van der Waals surface area (Å²) in [7, 11) is -2.56. The Balaban J connectivity index is 2.34. The Morgan fingerprint density at radius 3 is 2.52 bits per heavy atom. The lowest BCUT2D eigenvalue weighted by atomic mass is 10.1. The zero-order valence-corrected chi connectivity index (χ0v) is 14.7. The number of halogens is 1. The van der Waals surface area contributed by atoms with Gasteiger partial charge in [-0.2, -0.15) is 4.31 Å². The van der Waals surface area contributed by atoms with Gasteiger partial charge in [-0.3, -0.25) is 10.1 Å². The molecule has 0 N–H and O–H groups in total. The topological polar surface area (TPSA) is 83.8 Å². The van der Waals surface area contributed by atoms with Crippen LogP contribution in [0.25, 0.3) is 0 Å². The molecule has 1 aliphatic heterocycles. The number of sulfonamides is 1. The smallest absolute Gasteiger partial charge is 0.290 e. The van der Waals surface area contributed by atoms with Gasteiger partial charge in [-0.1, -0.05) is 24.6 Å². The summed E-state index contributed by atoms with van der Waals surface area (Å²) in [4.78, 5) is 12.3. The Kier molecular flexibility index (Phi) is 5.61. The van der Waals surface area contributed by atoms with Gasteiger partial charge in [0.15, 0.2) is 4.90 Å². The van der Waals surface area contributed by atoms with Crippen LogP contribution in [0.4, 0.5) is 5.69 Å². The highest BCUT2D eigenvalue weighted by molar-refractivity contribution is 7.89. The maximum atomic E-state index is 12.9. The number of hydrogen-bond acceptors (Lipinski definition) is 5. The van der Waals surface area contributed by atoms with Crippen molar-refractivity contribution in [2.24, 2.45) is 0 Å². The van der Waals surface area contributed by atoms with Crippen LogP contribution in [0.5, 0.6) is 0 Å². The number of nitrogens with zero attached hydrogens (tertiary/aromatic N) is 3. The molecule has 0 bridgehead atoms. The molecule has 7 nitrogen and oxygen atoms in total. The molecule has 1 saturated heterocycles. The van der Waals surface area contributed by atoms with E-state index in [0.717, 1.165) is 25.7 Å². The third kappa shape index (κ3) is 3.65. The molecule has 0 aromatic heterocycles. The summed E-state index contributed by atoms with van der Waals surface area (Å²) in [6.07, 6.45) is 1.39. The van der Waals surface area contributed by atoms with E-state index in [-0.39, 0.29) is 11.1 Å². The van der Waals surface area contributed by atoms with E-state index in [1.165, 1.54) is 23.5 Å². The molecule has 1 aromatic rings. The third-order valence-electron chi connectivity index (χ3n) is 4.30. The SMILES string of the molecule is CCN1CCC(N(C)S(=O)(=O)c2c(Cl)cccc2[N+](=O)[O-])CC1. The molecule has 23 heavy (non-hydrogen) atoms. The first-order chi connectivity index (χ1) is 10.8. The summed E-state index contributed by atoms with van der Waals surface area (Å²) < 4.78 is 26.9. The van der Waals surface area contributed by atoms with E-state index in [1.807, 2.05) is 0 Å². The third-order valence-corrected chi connectivity index (χ3v) is 6.73. The van der Waals surface area contributed by atoms with E-state index in [0.29, 0.717) is 12.8 Å². The molecule has 1 aromatic carbocycles. The van der Waals surface area contributed by atoms with Gasteiger partial charge in [0.25, 0.3) is 15.7 Å². The fraction of sp³-hybridized carbons (Fsp3) is 0.571. The highest BCUT2D eigenvalue weighted by atomic mass is 35.5. The fourth-order valence-corrected chi connectivity index (χ4v) is 4.91. The van der Waals surface area contributed by atoms with Crippen molar-refractivity contribution in [2.75, 3.05) is 26.7 Å². The minimum Gasteiger partial charge on any atom is -0.303 e. The van der Waals surface area contributed by atoms with Gasteiger partial charge >= 0.3 is 0 Å². The van der Waals surface area contributed by atoms with Crippen LogP contribution in [0.1, 0.15) is 19.8 Å². The number of nitro groups is 1. The first-order valence-electron chi connectivity index (χ1n) is 7.42. The summed E-state index contributed by atoms with van der Waals surface area (Å²) in [5.74, 6) is 0. The highest BCUT2D eigenvalue weighted by Crippen LogP contribution is 2.34. The lowest BCUT2D eigenvalue weighted by molar-refractivity contribution is -0.387. The number of likely N-dealkylation sites (tertiary alicyclic amines) is 1. The van der Waals surface area contributed by atoms with Gasteiger partial charge in [0.05, 0.1) is 9.95 Å². The number of benzene rings is 1. The van der Waals surface area contributed by atoms with Gasteiger partial charge in [0.2, 0.25) is 0 Å². The molecule has 0 saturated carbocycles. The van der Waals surface area contributed by atoms with Crippen LogP contribution in [-0.2, 0) is 10.0 Å². The largest absolute Gasteiger partial charge is 0.303 e. The molecule has 9 heteroatoms. The molecule has 0 amide bonds. The summed E-state index contributed by atoms with van der Waals surface area (Å²) in [5, 5.41) is 11.0. The summed E-state index contributed by atoms with van der Waals surface area (Å²) >= 11 is 5.97. The minimum atomic E-state index is -4.03. The zero-order chi connectivity index (χ0) is 17.2. The highest BCUT2D eigenvalue weighted by Gasteiger charge is 2.36. The van der Waals surface area contributed by atoms with Crippen molar-refractivity contribution < 1.29 is 13.3 Å². The molecule has 0 radical (unpaired) electrons. The van der Waals surface area contributed by atoms with Gasteiger partial charge in [0, 0.05) is 19.2 Å². The molecule has 1 fully saturated rings. The molecule has 1 heterocycles. The van der Waals surface area contributed by atoms with Gasteiger partial charge in [-0.25, -0.2) is 8.42 Å². The van der Waals surface area contributed by atoms with Gasteiger partial charge in [-0.15, -0.1) is 0 Å². The average molecular weight is 362 g/mol. The first kappa shape index (κ1) is 18.1. The molecule has 0 unspecified atom stereocenters. The molecule has 0 aliphatic carbocycles. The Labute approximate surface area is 141 Å². The summed E-state index contributed by atoms with van der Waals surface area (Å²) in [5.41, 5.74) is -0.490. The quantitative estimate of drug-likeness (QED) is 0.593. The van der Waals surface area contributed by atoms with Crippen LogP contribution in [0.15, 0.2) is 23.1 Å². The maximum absolute atomic E-state index is 12.9. The lowest BCUT2D eigenvalue weighted by Crippen LogP contribution is -2.45. The minimum absolute atomic E-state index is 0.128. The molecule has 0 spiro atoms. The van der Waals surface area contributed by atoms with Crippen molar-refractivity contribution >= 4 is 27.3 Å². The monoisotopic (exact) mass is 361 g/mol. The van der Waals surface area contributed by atoms with Crippen LogP contribution in [-0.4, -0.2) is 55.3 Å². The van der Waals surface area contributed by atoms with Crippen molar-refractivity contribution in [2.45, 2.75) is 30.7 Å². The normalized spacial score (nSPS) is 17.6. The lowest BCUT2D eigenvalue weighted by Gasteiger charge is -2.35. The van der Waals surface area contributed by atoms with Crippen molar-refractivity contribution in [3.05, 3.63) is 33.3 Å². The van der Waals surface area contributed by atoms with Gasteiger partial charge < -0.3 is 4.90 Å². The Morgan fingerprint density at radius 2 is 2.00 bits per heavy atom. The second-order valence-electron chi connectivity index (χ2n) is 5.53. The van der Waals surface area contributed by atoms with Crippen molar-refractivity contribution in [1.82, 2.24) is 9.21 Å². The molecule has 128 valence electrons. The predicted molar refractivity (Wildman–Crippen MR) is 88.2 cm³/mol. The van der Waals surface area contributed by atoms with E-state index in [2.05, 4.69) is 11.8 Å². The summed E-state index contributed by atoms with van der Waals surface area (Å²) in [6.45, 7) is 4.62. The predicted octanol–water partition coefficient (Wildman–Crippen LogP) is 2.35. The van der Waals surface area contributed by atoms with E-state index in [1.54, 1.807) is 0 Å². The van der Waals surface area contributed by atoms with Crippen LogP contribution >= 0.6 is 11.6 Å². The number of hydrogen-bond donors (Lipinski definition) is 0. The molecule has 0 atom stereocenters. The van der Waals surface area contributed by atoms with Gasteiger partial charge in [-0.05, 0) is 38.5 Å². The number of nitro benzene ring substituents is 1. The average Bonchev–Trinajstić information content (AvgIpc) is 2.53. The van der Waals surface area contributed by atoms with Crippen LogP contribution in [0, 0.1) is 10.1 Å². The number of rotatable bonds is 5. The fourth-order valence-electron chi connectivity index (χ4n) is 2.84. The Hall–Kier alpha value is -1.22. The van der Waals surface area contributed by atoms with E-state index < -0.39 is 25.5 Å². The van der Waals surface area contributed by atoms with Crippen molar-refractivity contribution in [3.63, 3.8) is 0 Å². The zero-order valence-electron chi connectivity index (χ0n) is 13.1. The molecule has 2 rings (SSSR count). The van der Waals surface area contributed by atoms with E-state index in [4.69, 9.17) is 11.6 Å². The molecule has 1 aliphatic rings. The summed E-state index contributed by atoms with van der Waals surface area (Å²) in [6, 6.07) is 3.71. The van der Waals surface area contributed by atoms with Crippen LogP contribution < -0.4 is 0 Å². The standard InChI is InChI=1S/C14H20ClN3O4S/c1-3-17-9-7-11(8-10-17)16(2)23(21,22)14-12(15)5-4-6-13(14)18(19)20/h4-6,11H,3,7-10H2,1-2H3. The van der Waals surface area contributed by atoms with Crippen molar-refractivity contribution in [1.29, 1.82) is 0 Å². The van der Waals surface area contributed by atoms with Crippen molar-refractivity contribution in [3.8, 4) is 0 Å². The Morgan fingerprint density at radius 1 is 1.39 bits per heavy atom. The molecular formula is C14H20ClN3O4S. The van der Waals surface area contributed by atoms with E-state index in [9.17, 15) is 18.5 Å². The van der Waals surface area contributed by atoms with Gasteiger partial charge in [0.1, 0.15) is 0 Å². The first-order valence-corrected chi connectivity index (χ1v) is 9.24. The van der Waals surface area contributed by atoms with Crippen LogP contribution in [0.3, 0.4) is 0 Å². The Bertz CT molecular complexity index is 687.